The number of ketones is 1. The minimum Gasteiger partial charge on any atom is -0.457 e. The van der Waals surface area contributed by atoms with Crippen molar-refractivity contribution in [2.24, 2.45) is 5.92 Å². The van der Waals surface area contributed by atoms with Gasteiger partial charge in [-0.2, -0.15) is 0 Å². The smallest absolute Gasteiger partial charge is 0.309 e. The maximum Gasteiger partial charge on any atom is 0.309 e. The summed E-state index contributed by atoms with van der Waals surface area (Å²) >= 11 is 1.43. The van der Waals surface area contributed by atoms with E-state index in [1.54, 1.807) is 4.90 Å². The Kier molecular flexibility index (Phi) is 6.60. The van der Waals surface area contributed by atoms with Crippen LogP contribution >= 0.6 is 11.3 Å². The lowest BCUT2D eigenvalue weighted by Gasteiger charge is -2.30. The fourth-order valence-corrected chi connectivity index (χ4v) is 6.04. The molecule has 0 unspecified atom stereocenters. The van der Waals surface area contributed by atoms with Crippen LogP contribution in [0.2, 0.25) is 0 Å². The Labute approximate surface area is 209 Å². The highest BCUT2D eigenvalue weighted by Crippen LogP contribution is 2.28. The molecule has 0 N–H and O–H groups in total. The number of thiophene rings is 1. The van der Waals surface area contributed by atoms with E-state index in [0.717, 1.165) is 29.9 Å². The second kappa shape index (κ2) is 9.82. The van der Waals surface area contributed by atoms with E-state index in [4.69, 9.17) is 4.74 Å². The van der Waals surface area contributed by atoms with Gasteiger partial charge in [-0.15, -0.1) is 11.3 Å². The van der Waals surface area contributed by atoms with E-state index in [1.807, 2.05) is 37.4 Å². The summed E-state index contributed by atoms with van der Waals surface area (Å²) in [5.74, 6) is -0.812. The molecule has 0 radical (unpaired) electrons. The SMILES string of the molecule is Cc1cc(C(=O)COC(=O)C2CCN(C(=O)c3cccs3)CC2)c(C)n1-c1ccc2c(c1)CCC2. The van der Waals surface area contributed by atoms with Gasteiger partial charge in [0.05, 0.1) is 10.8 Å². The van der Waals surface area contributed by atoms with Crippen LogP contribution in [0, 0.1) is 19.8 Å². The van der Waals surface area contributed by atoms with Crippen molar-refractivity contribution in [3.63, 3.8) is 0 Å². The van der Waals surface area contributed by atoms with Crippen molar-refractivity contribution in [2.45, 2.75) is 46.0 Å². The van der Waals surface area contributed by atoms with Gasteiger partial charge in [-0.1, -0.05) is 12.1 Å². The van der Waals surface area contributed by atoms with Crippen LogP contribution in [0.5, 0.6) is 0 Å². The van der Waals surface area contributed by atoms with Crippen molar-refractivity contribution in [1.29, 1.82) is 0 Å². The van der Waals surface area contributed by atoms with Gasteiger partial charge in [0.15, 0.2) is 6.61 Å². The molecule has 1 amide bonds. The first kappa shape index (κ1) is 23.5. The highest BCUT2D eigenvalue weighted by Gasteiger charge is 2.30. The van der Waals surface area contributed by atoms with E-state index >= 15 is 0 Å². The molecule has 6 nitrogen and oxygen atoms in total. The Balaban J connectivity index is 1.18. The molecule has 2 aromatic heterocycles. The molecule has 35 heavy (non-hydrogen) atoms. The number of esters is 1. The van der Waals surface area contributed by atoms with Crippen LogP contribution in [0.3, 0.4) is 0 Å². The van der Waals surface area contributed by atoms with Gasteiger partial charge in [-0.3, -0.25) is 14.4 Å². The van der Waals surface area contributed by atoms with E-state index < -0.39 is 0 Å². The fourth-order valence-electron chi connectivity index (χ4n) is 5.35. The summed E-state index contributed by atoms with van der Waals surface area (Å²) in [5, 5.41) is 1.89. The molecule has 1 saturated heterocycles. The minimum atomic E-state index is -0.353. The summed E-state index contributed by atoms with van der Waals surface area (Å²) in [6.45, 7) is 4.71. The van der Waals surface area contributed by atoms with Crippen LogP contribution in [0.4, 0.5) is 0 Å². The average Bonchev–Trinajstić information content (AvgIpc) is 3.62. The van der Waals surface area contributed by atoms with Crippen molar-refractivity contribution in [3.8, 4) is 5.69 Å². The molecule has 0 spiro atoms. The lowest BCUT2D eigenvalue weighted by molar-refractivity contribution is -0.148. The maximum absolute atomic E-state index is 13.0. The van der Waals surface area contributed by atoms with Crippen molar-refractivity contribution in [1.82, 2.24) is 9.47 Å². The second-order valence-corrected chi connectivity index (χ2v) is 10.4. The molecule has 0 atom stereocenters. The molecule has 1 aliphatic heterocycles. The third kappa shape index (κ3) is 4.69. The molecule has 1 fully saturated rings. The van der Waals surface area contributed by atoms with Gasteiger partial charge in [-0.05, 0) is 86.7 Å². The summed E-state index contributed by atoms with van der Waals surface area (Å²) in [7, 11) is 0. The number of amides is 1. The van der Waals surface area contributed by atoms with E-state index in [0.29, 0.717) is 36.4 Å². The number of Topliss-reactive ketones (excluding diaryl/α,β-unsaturated/α-hetero) is 1. The van der Waals surface area contributed by atoms with Crippen LogP contribution < -0.4 is 0 Å². The third-order valence-electron chi connectivity index (χ3n) is 7.26. The quantitative estimate of drug-likeness (QED) is 0.363. The molecule has 1 aliphatic carbocycles. The standard InChI is InChI=1S/C28H30N2O4S/c1-18-15-24(19(2)30(18)23-9-8-20-5-3-6-22(20)16-23)25(31)17-34-28(33)21-10-12-29(13-11-21)27(32)26-7-4-14-35-26/h4,7-9,14-16,21H,3,5-6,10-13,17H2,1-2H3. The summed E-state index contributed by atoms with van der Waals surface area (Å²) < 4.78 is 7.54. The van der Waals surface area contributed by atoms with Gasteiger partial charge in [0.1, 0.15) is 0 Å². The number of likely N-dealkylation sites (tertiary alicyclic amines) is 1. The number of hydrogen-bond donors (Lipinski definition) is 0. The predicted molar refractivity (Wildman–Crippen MR) is 136 cm³/mol. The first-order chi connectivity index (χ1) is 16.9. The van der Waals surface area contributed by atoms with Gasteiger partial charge < -0.3 is 14.2 Å². The zero-order valence-electron chi connectivity index (χ0n) is 20.2. The topological polar surface area (TPSA) is 68.6 Å². The molecule has 0 saturated carbocycles. The molecule has 2 aliphatic rings. The number of ether oxygens (including phenoxy) is 1. The van der Waals surface area contributed by atoms with Crippen LogP contribution in [0.15, 0.2) is 41.8 Å². The second-order valence-electron chi connectivity index (χ2n) is 9.50. The molecule has 3 aromatic rings. The predicted octanol–water partition coefficient (Wildman–Crippen LogP) is 4.92. The van der Waals surface area contributed by atoms with Crippen molar-refractivity contribution < 1.29 is 19.1 Å². The van der Waals surface area contributed by atoms with Crippen LogP contribution in [0.25, 0.3) is 5.69 Å². The molecule has 7 heteroatoms. The average molecular weight is 491 g/mol. The number of fused-ring (bicyclic) bond motifs is 1. The number of carbonyl (C=O) groups excluding carboxylic acids is 3. The largest absolute Gasteiger partial charge is 0.457 e. The zero-order chi connectivity index (χ0) is 24.5. The van der Waals surface area contributed by atoms with E-state index in [2.05, 4.69) is 22.8 Å². The van der Waals surface area contributed by atoms with Gasteiger partial charge in [0.2, 0.25) is 5.78 Å². The Hall–Kier alpha value is -3.19. The fraction of sp³-hybridized carbons (Fsp3) is 0.393. The van der Waals surface area contributed by atoms with Gasteiger partial charge in [-0.25, -0.2) is 0 Å². The van der Waals surface area contributed by atoms with Crippen molar-refractivity contribution >= 4 is 29.0 Å². The summed E-state index contributed by atoms with van der Waals surface area (Å²) in [4.78, 5) is 40.6. The normalized spacial score (nSPS) is 15.8. The Morgan fingerprint density at radius 2 is 1.80 bits per heavy atom. The first-order valence-corrected chi connectivity index (χ1v) is 13.1. The van der Waals surface area contributed by atoms with E-state index in [9.17, 15) is 14.4 Å². The number of hydrogen-bond acceptors (Lipinski definition) is 5. The third-order valence-corrected chi connectivity index (χ3v) is 8.12. The first-order valence-electron chi connectivity index (χ1n) is 12.3. The number of piperidine rings is 1. The summed E-state index contributed by atoms with van der Waals surface area (Å²) in [5.41, 5.74) is 6.31. The lowest BCUT2D eigenvalue weighted by Crippen LogP contribution is -2.40. The highest BCUT2D eigenvalue weighted by molar-refractivity contribution is 7.12. The number of rotatable bonds is 6. The zero-order valence-corrected chi connectivity index (χ0v) is 21.0. The number of nitrogens with zero attached hydrogens (tertiary/aromatic N) is 2. The van der Waals surface area contributed by atoms with Gasteiger partial charge in [0, 0.05) is 35.7 Å². The minimum absolute atomic E-state index is 0.0146. The number of aryl methyl sites for hydroxylation is 3. The van der Waals surface area contributed by atoms with E-state index in [-0.39, 0.29) is 30.2 Å². The molecule has 0 bridgehead atoms. The lowest BCUT2D eigenvalue weighted by atomic mass is 9.97. The van der Waals surface area contributed by atoms with Gasteiger partial charge >= 0.3 is 5.97 Å². The van der Waals surface area contributed by atoms with Crippen LogP contribution in [0.1, 0.15) is 61.8 Å². The number of aromatic nitrogens is 1. The number of benzene rings is 1. The Bertz CT molecular complexity index is 1270. The molecular weight excluding hydrogens is 460 g/mol. The molecule has 3 heterocycles. The maximum atomic E-state index is 13.0. The monoisotopic (exact) mass is 490 g/mol. The van der Waals surface area contributed by atoms with Crippen molar-refractivity contribution in [3.05, 3.63) is 74.7 Å². The molecule has 5 rings (SSSR count). The highest BCUT2D eigenvalue weighted by atomic mass is 32.1. The molecule has 1 aromatic carbocycles. The van der Waals surface area contributed by atoms with E-state index in [1.165, 1.54) is 28.9 Å². The number of carbonyl (C=O) groups is 3. The Morgan fingerprint density at radius 3 is 2.54 bits per heavy atom. The van der Waals surface area contributed by atoms with Gasteiger partial charge in [0.25, 0.3) is 5.91 Å². The molecular formula is C28H30N2O4S. The van der Waals surface area contributed by atoms with Crippen LogP contribution in [-0.2, 0) is 22.4 Å². The van der Waals surface area contributed by atoms with Crippen molar-refractivity contribution in [2.75, 3.05) is 19.7 Å². The Morgan fingerprint density at radius 1 is 1.03 bits per heavy atom. The summed E-state index contributed by atoms with van der Waals surface area (Å²) in [6.07, 6.45) is 4.54. The molecule has 182 valence electrons. The van der Waals surface area contributed by atoms with Crippen LogP contribution in [-0.4, -0.2) is 46.8 Å². The summed E-state index contributed by atoms with van der Waals surface area (Å²) in [6, 6.07) is 12.1.